The number of carbonyl (C=O) groups excluding carboxylic acids is 1. The fourth-order valence-corrected chi connectivity index (χ4v) is 2.46. The molecule has 1 aliphatic heterocycles. The summed E-state index contributed by atoms with van der Waals surface area (Å²) >= 11 is 1.27. The second-order valence-corrected chi connectivity index (χ2v) is 3.93. The Balaban J connectivity index is 2.89. The molecule has 1 heterocycles. The first-order chi connectivity index (χ1) is 5.57. The summed E-state index contributed by atoms with van der Waals surface area (Å²) in [6, 6.07) is 0. The van der Waals surface area contributed by atoms with Gasteiger partial charge in [-0.15, -0.1) is 0 Å². The van der Waals surface area contributed by atoms with E-state index in [1.807, 2.05) is 6.92 Å². The molecule has 0 radical (unpaired) electrons. The number of carbonyl (C=O) groups is 1. The molecule has 1 amide bonds. The van der Waals surface area contributed by atoms with Crippen LogP contribution in [0.3, 0.4) is 0 Å². The number of amides is 1. The molecule has 0 aromatic heterocycles. The summed E-state index contributed by atoms with van der Waals surface area (Å²) in [5, 5.41) is -0.113. The van der Waals surface area contributed by atoms with Gasteiger partial charge in [0.15, 0.2) is 0 Å². The van der Waals surface area contributed by atoms with Gasteiger partial charge >= 0.3 is 0 Å². The molecule has 1 aliphatic rings. The fraction of sp³-hybridized carbons (Fsp3) is 0.571. The molecule has 68 valence electrons. The van der Waals surface area contributed by atoms with Crippen molar-refractivity contribution in [2.75, 3.05) is 0 Å². The second-order valence-electron chi connectivity index (χ2n) is 2.75. The molecule has 0 aromatic carbocycles. The third-order valence-corrected chi connectivity index (χ3v) is 3.25. The zero-order chi connectivity index (χ0) is 9.30. The minimum absolute atomic E-state index is 0.0949. The molecule has 6 N–H and O–H groups in total. The van der Waals surface area contributed by atoms with Crippen LogP contribution in [0.15, 0.2) is 10.6 Å². The summed E-state index contributed by atoms with van der Waals surface area (Å²) in [5.41, 5.74) is 17.1. The lowest BCUT2D eigenvalue weighted by Crippen LogP contribution is -2.25. The van der Waals surface area contributed by atoms with E-state index >= 15 is 0 Å². The number of rotatable bonds is 2. The molecular weight excluding hydrogens is 174 g/mol. The van der Waals surface area contributed by atoms with Crippen molar-refractivity contribution in [2.45, 2.75) is 18.7 Å². The summed E-state index contributed by atoms with van der Waals surface area (Å²) in [5.74, 6) is -0.374. The van der Waals surface area contributed by atoms with Gasteiger partial charge in [-0.2, -0.15) is 0 Å². The van der Waals surface area contributed by atoms with Gasteiger partial charge in [0.25, 0.3) is 5.91 Å². The highest BCUT2D eigenvalue weighted by Gasteiger charge is 2.32. The zero-order valence-corrected chi connectivity index (χ0v) is 7.73. The van der Waals surface area contributed by atoms with Crippen LogP contribution in [0.4, 0.5) is 0 Å². The topological polar surface area (TPSA) is 95.1 Å². The average molecular weight is 187 g/mol. The van der Waals surface area contributed by atoms with Crippen molar-refractivity contribution in [1.82, 2.24) is 0 Å². The number of thioether (sulfide) groups is 1. The minimum atomic E-state index is -0.469. The summed E-state index contributed by atoms with van der Waals surface area (Å²) < 4.78 is 0. The maximum absolute atomic E-state index is 10.8. The largest absolute Gasteiger partial charge is 0.401 e. The molecule has 5 heteroatoms. The Hall–Kier alpha value is -0.680. The van der Waals surface area contributed by atoms with Gasteiger partial charge in [-0.1, -0.05) is 18.7 Å². The monoisotopic (exact) mass is 187 g/mol. The van der Waals surface area contributed by atoms with E-state index in [9.17, 15) is 4.79 Å². The first kappa shape index (κ1) is 9.41. The molecule has 12 heavy (non-hydrogen) atoms. The van der Waals surface area contributed by atoms with Crippen LogP contribution in [0.1, 0.15) is 13.3 Å². The molecule has 0 spiro atoms. The SMILES string of the molecule is CCC1C(N)=C(C(N)=O)S[C@@H]1N. The molecule has 2 atom stereocenters. The van der Waals surface area contributed by atoms with Crippen LogP contribution in [0.5, 0.6) is 0 Å². The summed E-state index contributed by atoms with van der Waals surface area (Å²) in [4.78, 5) is 11.3. The van der Waals surface area contributed by atoms with E-state index in [-0.39, 0.29) is 11.3 Å². The van der Waals surface area contributed by atoms with Crippen LogP contribution >= 0.6 is 11.8 Å². The third kappa shape index (κ3) is 1.42. The summed E-state index contributed by atoms with van der Waals surface area (Å²) in [6.45, 7) is 1.99. The maximum Gasteiger partial charge on any atom is 0.256 e. The highest BCUT2D eigenvalue weighted by atomic mass is 32.2. The lowest BCUT2D eigenvalue weighted by atomic mass is 10.0. The Kier molecular flexibility index (Phi) is 2.64. The van der Waals surface area contributed by atoms with Gasteiger partial charge in [0, 0.05) is 11.6 Å². The predicted octanol–water partition coefficient (Wildman–Crippen LogP) is -0.300. The molecule has 0 fully saturated rings. The number of nitrogens with two attached hydrogens (primary N) is 3. The van der Waals surface area contributed by atoms with Crippen molar-refractivity contribution in [3.63, 3.8) is 0 Å². The van der Waals surface area contributed by atoms with Crippen LogP contribution in [-0.4, -0.2) is 11.3 Å². The normalized spacial score (nSPS) is 29.5. The number of hydrogen-bond acceptors (Lipinski definition) is 4. The van der Waals surface area contributed by atoms with E-state index in [1.165, 1.54) is 11.8 Å². The lowest BCUT2D eigenvalue weighted by Gasteiger charge is -2.12. The Bertz CT molecular complexity index is 239. The maximum atomic E-state index is 10.8. The van der Waals surface area contributed by atoms with Crippen molar-refractivity contribution in [1.29, 1.82) is 0 Å². The predicted molar refractivity (Wildman–Crippen MR) is 49.8 cm³/mol. The van der Waals surface area contributed by atoms with E-state index in [1.54, 1.807) is 0 Å². The van der Waals surface area contributed by atoms with Crippen molar-refractivity contribution in [3.8, 4) is 0 Å². The number of hydrogen-bond donors (Lipinski definition) is 3. The van der Waals surface area contributed by atoms with Crippen LogP contribution in [-0.2, 0) is 4.79 Å². The summed E-state index contributed by atoms with van der Waals surface area (Å²) in [7, 11) is 0. The highest BCUT2D eigenvalue weighted by Crippen LogP contribution is 2.38. The quantitative estimate of drug-likeness (QED) is 0.553. The van der Waals surface area contributed by atoms with E-state index in [0.717, 1.165) is 6.42 Å². The average Bonchev–Trinajstić information content (AvgIpc) is 2.27. The molecule has 0 aliphatic carbocycles. The van der Waals surface area contributed by atoms with Crippen molar-refractivity contribution >= 4 is 17.7 Å². The fourth-order valence-electron chi connectivity index (χ4n) is 1.28. The van der Waals surface area contributed by atoms with Crippen molar-refractivity contribution in [3.05, 3.63) is 10.6 Å². The highest BCUT2D eigenvalue weighted by molar-refractivity contribution is 8.04. The molecule has 1 unspecified atom stereocenters. The third-order valence-electron chi connectivity index (χ3n) is 1.98. The van der Waals surface area contributed by atoms with Crippen LogP contribution in [0.25, 0.3) is 0 Å². The van der Waals surface area contributed by atoms with Gasteiger partial charge in [0.05, 0.1) is 10.3 Å². The van der Waals surface area contributed by atoms with Crippen molar-refractivity contribution in [2.24, 2.45) is 23.1 Å². The van der Waals surface area contributed by atoms with E-state index in [4.69, 9.17) is 17.2 Å². The van der Waals surface area contributed by atoms with Crippen molar-refractivity contribution < 1.29 is 4.79 Å². The van der Waals surface area contributed by atoms with Gasteiger partial charge in [-0.3, -0.25) is 4.79 Å². The molecule has 0 aromatic rings. The van der Waals surface area contributed by atoms with Gasteiger partial charge in [0.1, 0.15) is 0 Å². The van der Waals surface area contributed by atoms with Crippen LogP contribution in [0.2, 0.25) is 0 Å². The van der Waals surface area contributed by atoms with Gasteiger partial charge < -0.3 is 17.2 Å². The smallest absolute Gasteiger partial charge is 0.256 e. The standard InChI is InChI=1S/C7H13N3OS/c1-2-3-4(8)5(6(9)11)12-7(3)10/h3,7H,2,8,10H2,1H3,(H2,9,11)/t3?,7-/m0/s1. The Morgan fingerprint density at radius 3 is 2.50 bits per heavy atom. The van der Waals surface area contributed by atoms with Gasteiger partial charge in [-0.05, 0) is 6.42 Å². The van der Waals surface area contributed by atoms with Crippen LogP contribution in [0, 0.1) is 5.92 Å². The van der Waals surface area contributed by atoms with Crippen LogP contribution < -0.4 is 17.2 Å². The van der Waals surface area contributed by atoms with Gasteiger partial charge in [0.2, 0.25) is 0 Å². The molecule has 0 bridgehead atoms. The first-order valence-electron chi connectivity index (χ1n) is 3.79. The molecule has 0 saturated carbocycles. The molecular formula is C7H13N3OS. The van der Waals surface area contributed by atoms with E-state index in [0.29, 0.717) is 10.6 Å². The Morgan fingerprint density at radius 1 is 1.67 bits per heavy atom. The van der Waals surface area contributed by atoms with Gasteiger partial charge in [-0.25, -0.2) is 0 Å². The molecule has 0 saturated heterocycles. The van der Waals surface area contributed by atoms with E-state index in [2.05, 4.69) is 0 Å². The lowest BCUT2D eigenvalue weighted by molar-refractivity contribution is -0.113. The zero-order valence-electron chi connectivity index (χ0n) is 6.91. The number of primary amides is 1. The minimum Gasteiger partial charge on any atom is -0.401 e. The molecule has 1 rings (SSSR count). The van der Waals surface area contributed by atoms with E-state index < -0.39 is 5.91 Å². The second kappa shape index (κ2) is 3.37. The first-order valence-corrected chi connectivity index (χ1v) is 4.67. The Morgan fingerprint density at radius 2 is 2.25 bits per heavy atom. The summed E-state index contributed by atoms with van der Waals surface area (Å²) in [6.07, 6.45) is 0.844. The molecule has 4 nitrogen and oxygen atoms in total. The Labute approximate surface area is 75.5 Å².